The summed E-state index contributed by atoms with van der Waals surface area (Å²) in [6.45, 7) is 2.75. The van der Waals surface area contributed by atoms with Gasteiger partial charge in [0.05, 0.1) is 0 Å². The molecule has 0 saturated heterocycles. The predicted molar refractivity (Wildman–Crippen MR) is 104 cm³/mol. The summed E-state index contributed by atoms with van der Waals surface area (Å²) in [5.74, 6) is -0.204. The van der Waals surface area contributed by atoms with Crippen molar-refractivity contribution in [1.82, 2.24) is 10.2 Å². The molecule has 3 nitrogen and oxygen atoms in total. The van der Waals surface area contributed by atoms with Crippen LogP contribution in [0.3, 0.4) is 0 Å². The number of thioether (sulfide) groups is 1. The van der Waals surface area contributed by atoms with E-state index in [9.17, 15) is 9.18 Å². The molecule has 1 aliphatic heterocycles. The van der Waals surface area contributed by atoms with Gasteiger partial charge in [-0.2, -0.15) is 0 Å². The number of amides is 1. The summed E-state index contributed by atoms with van der Waals surface area (Å²) < 4.78 is 13.3. The summed E-state index contributed by atoms with van der Waals surface area (Å²) in [7, 11) is 0. The molecule has 0 bridgehead atoms. The molecule has 2 aromatic carbocycles. The number of nitrogens with zero attached hydrogens (tertiary/aromatic N) is 1. The van der Waals surface area contributed by atoms with Crippen molar-refractivity contribution in [3.05, 3.63) is 77.1 Å². The van der Waals surface area contributed by atoms with Crippen molar-refractivity contribution in [2.24, 2.45) is 0 Å². The van der Waals surface area contributed by atoms with Gasteiger partial charge in [0, 0.05) is 36.6 Å². The lowest BCUT2D eigenvalue weighted by molar-refractivity contribution is -0.117. The van der Waals surface area contributed by atoms with E-state index in [1.54, 1.807) is 23.9 Å². The topological polar surface area (TPSA) is 32.3 Å². The Balaban J connectivity index is 1.49. The number of hydrogen-bond acceptors (Lipinski definition) is 3. The Bertz CT molecular complexity index is 789. The smallest absolute Gasteiger partial charge is 0.247 e. The Labute approximate surface area is 158 Å². The lowest BCUT2D eigenvalue weighted by Gasteiger charge is -2.26. The number of carbonyl (C=O) groups excluding carboxylic acids is 1. The molecule has 136 valence electrons. The Morgan fingerprint density at radius 2 is 2.00 bits per heavy atom. The van der Waals surface area contributed by atoms with Gasteiger partial charge < -0.3 is 5.32 Å². The normalized spacial score (nSPS) is 14.8. The van der Waals surface area contributed by atoms with Gasteiger partial charge in [0.15, 0.2) is 0 Å². The first-order chi connectivity index (χ1) is 12.6. The fraction of sp³-hybridized carbons (Fsp3) is 0.286. The van der Waals surface area contributed by atoms with E-state index in [2.05, 4.69) is 22.3 Å². The Morgan fingerprint density at radius 1 is 1.19 bits per heavy atom. The van der Waals surface area contributed by atoms with Gasteiger partial charge >= 0.3 is 0 Å². The molecule has 1 amide bonds. The lowest BCUT2D eigenvalue weighted by atomic mass is 10.1. The number of rotatable bonds is 6. The molecule has 26 heavy (non-hydrogen) atoms. The largest absolute Gasteiger partial charge is 0.348 e. The van der Waals surface area contributed by atoms with E-state index in [1.165, 1.54) is 11.0 Å². The zero-order valence-corrected chi connectivity index (χ0v) is 15.7. The Morgan fingerprint density at radius 3 is 2.65 bits per heavy atom. The summed E-state index contributed by atoms with van der Waals surface area (Å²) in [6, 6.07) is 14.9. The summed E-state index contributed by atoms with van der Waals surface area (Å²) in [5, 5.41) is 3.00. The van der Waals surface area contributed by atoms with Crippen molar-refractivity contribution in [2.75, 3.05) is 19.3 Å². The van der Waals surface area contributed by atoms with Gasteiger partial charge in [-0.05, 0) is 48.1 Å². The molecule has 0 spiro atoms. The van der Waals surface area contributed by atoms with Gasteiger partial charge in [0.25, 0.3) is 0 Å². The van der Waals surface area contributed by atoms with Gasteiger partial charge in [-0.25, -0.2) is 4.39 Å². The summed E-state index contributed by atoms with van der Waals surface area (Å²) in [4.78, 5) is 15.8. The molecule has 0 aromatic heterocycles. The lowest BCUT2D eigenvalue weighted by Crippen LogP contribution is -2.33. The maximum absolute atomic E-state index is 13.3. The first-order valence-corrected chi connectivity index (χ1v) is 9.93. The summed E-state index contributed by atoms with van der Waals surface area (Å²) in [5.41, 5.74) is 2.89. The number of nitrogens with one attached hydrogen (secondary N) is 1. The van der Waals surface area contributed by atoms with Crippen molar-refractivity contribution < 1.29 is 9.18 Å². The molecule has 0 radical (unpaired) electrons. The molecule has 2 aromatic rings. The van der Waals surface area contributed by atoms with Crippen molar-refractivity contribution in [3.63, 3.8) is 0 Å². The number of benzene rings is 2. The van der Waals surface area contributed by atoms with Crippen LogP contribution in [0.4, 0.5) is 4.39 Å². The fourth-order valence-electron chi connectivity index (χ4n) is 2.99. The molecule has 0 saturated carbocycles. The van der Waals surface area contributed by atoms with Crippen LogP contribution in [0.2, 0.25) is 0 Å². The van der Waals surface area contributed by atoms with E-state index >= 15 is 0 Å². The third-order valence-corrected chi connectivity index (χ3v) is 5.24. The van der Waals surface area contributed by atoms with Crippen LogP contribution in [0.1, 0.15) is 17.5 Å². The zero-order chi connectivity index (χ0) is 18.4. The summed E-state index contributed by atoms with van der Waals surface area (Å²) >= 11 is 1.70. The van der Waals surface area contributed by atoms with Crippen LogP contribution in [0.15, 0.2) is 65.1 Å². The van der Waals surface area contributed by atoms with Crippen molar-refractivity contribution in [3.8, 4) is 0 Å². The summed E-state index contributed by atoms with van der Waals surface area (Å²) in [6.07, 6.45) is 4.74. The third kappa shape index (κ3) is 5.19. The minimum absolute atomic E-state index is 0.00403. The minimum atomic E-state index is -0.208. The highest BCUT2D eigenvalue weighted by Crippen LogP contribution is 2.16. The monoisotopic (exact) mass is 370 g/mol. The van der Waals surface area contributed by atoms with Gasteiger partial charge in [-0.3, -0.25) is 9.69 Å². The van der Waals surface area contributed by atoms with E-state index in [4.69, 9.17) is 0 Å². The maximum atomic E-state index is 13.3. The Kier molecular flexibility index (Phi) is 6.47. The van der Waals surface area contributed by atoms with E-state index in [0.29, 0.717) is 26.1 Å². The second-order valence-corrected chi connectivity index (χ2v) is 7.25. The Hall–Kier alpha value is -2.11. The van der Waals surface area contributed by atoms with E-state index in [0.717, 1.165) is 23.2 Å². The van der Waals surface area contributed by atoms with Gasteiger partial charge in [0.2, 0.25) is 5.91 Å². The predicted octanol–water partition coefficient (Wildman–Crippen LogP) is 4.00. The molecule has 3 rings (SSSR count). The van der Waals surface area contributed by atoms with Crippen LogP contribution in [0.5, 0.6) is 0 Å². The molecular weight excluding hydrogens is 347 g/mol. The minimum Gasteiger partial charge on any atom is -0.348 e. The average Bonchev–Trinajstić information content (AvgIpc) is 2.67. The molecule has 0 atom stereocenters. The number of halogens is 1. The van der Waals surface area contributed by atoms with Crippen LogP contribution in [0.25, 0.3) is 0 Å². The molecule has 0 unspecified atom stereocenters. The molecule has 0 aliphatic carbocycles. The zero-order valence-electron chi connectivity index (χ0n) is 14.9. The van der Waals surface area contributed by atoms with Gasteiger partial charge in [-0.15, -0.1) is 11.8 Å². The maximum Gasteiger partial charge on any atom is 0.247 e. The first kappa shape index (κ1) is 18.7. The SMILES string of the molecule is CSc1ccc(CNC(=O)C2=CCN(Cc3cccc(F)c3)CC2)cc1. The standard InChI is InChI=1S/C21H23FN2OS/c1-26-20-7-5-16(6-8-20)14-23-21(25)18-9-11-24(12-10-18)15-17-3-2-4-19(22)13-17/h2-9,13H,10-12,14-15H2,1H3,(H,23,25). The van der Waals surface area contributed by atoms with Gasteiger partial charge in [0.1, 0.15) is 5.82 Å². The molecular formula is C21H23FN2OS. The molecule has 5 heteroatoms. The van der Waals surface area contributed by atoms with Crippen molar-refractivity contribution in [1.29, 1.82) is 0 Å². The van der Waals surface area contributed by atoms with Crippen LogP contribution in [-0.2, 0) is 17.9 Å². The second-order valence-electron chi connectivity index (χ2n) is 6.38. The van der Waals surface area contributed by atoms with Crippen LogP contribution in [0, 0.1) is 5.82 Å². The van der Waals surface area contributed by atoms with Crippen molar-refractivity contribution >= 4 is 17.7 Å². The first-order valence-electron chi connectivity index (χ1n) is 8.71. The average molecular weight is 370 g/mol. The van der Waals surface area contributed by atoms with Crippen LogP contribution < -0.4 is 5.32 Å². The molecule has 0 fully saturated rings. The van der Waals surface area contributed by atoms with Crippen LogP contribution >= 0.6 is 11.8 Å². The highest BCUT2D eigenvalue weighted by molar-refractivity contribution is 7.98. The van der Waals surface area contributed by atoms with E-state index < -0.39 is 0 Å². The highest BCUT2D eigenvalue weighted by Gasteiger charge is 2.17. The molecule has 1 aliphatic rings. The third-order valence-electron chi connectivity index (χ3n) is 4.49. The second kappa shape index (κ2) is 9.01. The highest BCUT2D eigenvalue weighted by atomic mass is 32.2. The number of hydrogen-bond donors (Lipinski definition) is 1. The van der Waals surface area contributed by atoms with E-state index in [-0.39, 0.29) is 11.7 Å². The quantitative estimate of drug-likeness (QED) is 0.780. The van der Waals surface area contributed by atoms with Crippen LogP contribution in [-0.4, -0.2) is 30.2 Å². The number of carbonyl (C=O) groups is 1. The molecule has 1 N–H and O–H groups in total. The molecule has 1 heterocycles. The fourth-order valence-corrected chi connectivity index (χ4v) is 3.40. The van der Waals surface area contributed by atoms with Crippen molar-refractivity contribution in [2.45, 2.75) is 24.4 Å². The van der Waals surface area contributed by atoms with E-state index in [1.807, 2.05) is 30.5 Å². The van der Waals surface area contributed by atoms with Gasteiger partial charge in [-0.1, -0.05) is 30.3 Å².